The Morgan fingerprint density at radius 3 is 2.26 bits per heavy atom. The largest absolute Gasteiger partial charge is 0.326 e. The van der Waals surface area contributed by atoms with Gasteiger partial charge in [0.2, 0.25) is 0 Å². The normalized spacial score (nSPS) is 19.8. The van der Waals surface area contributed by atoms with Crippen molar-refractivity contribution in [3.8, 4) is 11.3 Å². The third-order valence-electron chi connectivity index (χ3n) is 5.21. The van der Waals surface area contributed by atoms with Gasteiger partial charge in [-0.25, -0.2) is 0 Å². The van der Waals surface area contributed by atoms with Gasteiger partial charge in [-0.3, -0.25) is 9.58 Å². The maximum absolute atomic E-state index is 6.22. The van der Waals surface area contributed by atoms with Crippen molar-refractivity contribution in [3.63, 3.8) is 0 Å². The van der Waals surface area contributed by atoms with Gasteiger partial charge < -0.3 is 5.73 Å². The fraction of sp³-hybridized carbons (Fsp3) is 0.318. The van der Waals surface area contributed by atoms with E-state index in [1.165, 1.54) is 16.7 Å². The number of hydrogen-bond donors (Lipinski definition) is 1. The second-order valence-corrected chi connectivity index (χ2v) is 7.39. The van der Waals surface area contributed by atoms with Crippen molar-refractivity contribution in [1.29, 1.82) is 0 Å². The van der Waals surface area contributed by atoms with Crippen molar-refractivity contribution >= 4 is 12.4 Å². The molecule has 27 heavy (non-hydrogen) atoms. The van der Waals surface area contributed by atoms with Gasteiger partial charge >= 0.3 is 0 Å². The summed E-state index contributed by atoms with van der Waals surface area (Å²) in [5.41, 5.74) is 11.0. The highest BCUT2D eigenvalue weighted by atomic mass is 35.5. The molecular weight excluding hydrogens is 356 g/mol. The highest BCUT2D eigenvalue weighted by Crippen LogP contribution is 2.26. The lowest BCUT2D eigenvalue weighted by Crippen LogP contribution is -2.28. The van der Waals surface area contributed by atoms with Gasteiger partial charge in [-0.1, -0.05) is 67.6 Å². The van der Waals surface area contributed by atoms with Crippen LogP contribution in [0, 0.1) is 5.92 Å². The van der Waals surface area contributed by atoms with Gasteiger partial charge in [0, 0.05) is 43.0 Å². The zero-order valence-electron chi connectivity index (χ0n) is 15.7. The first-order valence-corrected chi connectivity index (χ1v) is 9.32. The van der Waals surface area contributed by atoms with Crippen LogP contribution >= 0.6 is 12.4 Å². The molecule has 0 bridgehead atoms. The molecule has 2 N–H and O–H groups in total. The molecule has 4 nitrogen and oxygen atoms in total. The Morgan fingerprint density at radius 1 is 0.963 bits per heavy atom. The molecule has 0 amide bonds. The molecule has 0 aliphatic carbocycles. The third kappa shape index (κ3) is 4.59. The molecule has 0 radical (unpaired) electrons. The number of hydrogen-bond acceptors (Lipinski definition) is 3. The van der Waals surface area contributed by atoms with Crippen molar-refractivity contribution in [2.45, 2.75) is 26.1 Å². The molecule has 1 aromatic heterocycles. The highest BCUT2D eigenvalue weighted by molar-refractivity contribution is 5.85. The van der Waals surface area contributed by atoms with Crippen molar-refractivity contribution in [3.05, 3.63) is 78.0 Å². The van der Waals surface area contributed by atoms with E-state index in [0.29, 0.717) is 5.92 Å². The summed E-state index contributed by atoms with van der Waals surface area (Å²) in [6.45, 7) is 5.94. The fourth-order valence-corrected chi connectivity index (χ4v) is 3.73. The van der Waals surface area contributed by atoms with Crippen LogP contribution in [-0.4, -0.2) is 33.8 Å². The summed E-state index contributed by atoms with van der Waals surface area (Å²) < 4.78 is 2.06. The van der Waals surface area contributed by atoms with Crippen LogP contribution in [0.15, 0.2) is 66.9 Å². The topological polar surface area (TPSA) is 47.1 Å². The summed E-state index contributed by atoms with van der Waals surface area (Å²) in [7, 11) is 0. The van der Waals surface area contributed by atoms with Crippen molar-refractivity contribution < 1.29 is 0 Å². The quantitative estimate of drug-likeness (QED) is 0.730. The van der Waals surface area contributed by atoms with Crippen LogP contribution in [0.1, 0.15) is 18.1 Å². The van der Waals surface area contributed by atoms with Crippen LogP contribution in [0.5, 0.6) is 0 Å². The van der Waals surface area contributed by atoms with Gasteiger partial charge in [0.25, 0.3) is 0 Å². The van der Waals surface area contributed by atoms with Crippen LogP contribution < -0.4 is 5.73 Å². The number of aromatic nitrogens is 2. The smallest absolute Gasteiger partial charge is 0.0968 e. The van der Waals surface area contributed by atoms with Crippen LogP contribution in [0.25, 0.3) is 11.3 Å². The van der Waals surface area contributed by atoms with E-state index >= 15 is 0 Å². The minimum absolute atomic E-state index is 0. The van der Waals surface area contributed by atoms with E-state index in [1.807, 2.05) is 12.1 Å². The zero-order valence-corrected chi connectivity index (χ0v) is 16.5. The van der Waals surface area contributed by atoms with Crippen molar-refractivity contribution in [2.24, 2.45) is 11.7 Å². The molecule has 2 heterocycles. The Balaban J connectivity index is 0.00000210. The second-order valence-electron chi connectivity index (χ2n) is 7.39. The van der Waals surface area contributed by atoms with Crippen molar-refractivity contribution in [1.82, 2.24) is 14.7 Å². The Labute approximate surface area is 167 Å². The van der Waals surface area contributed by atoms with Gasteiger partial charge in [0.1, 0.15) is 0 Å². The van der Waals surface area contributed by atoms with Crippen LogP contribution in [0.2, 0.25) is 0 Å². The first-order valence-electron chi connectivity index (χ1n) is 9.32. The van der Waals surface area contributed by atoms with E-state index < -0.39 is 0 Å². The van der Waals surface area contributed by atoms with Gasteiger partial charge in [0.15, 0.2) is 0 Å². The van der Waals surface area contributed by atoms with Gasteiger partial charge in [-0.05, 0) is 11.5 Å². The van der Waals surface area contributed by atoms with E-state index in [1.54, 1.807) is 0 Å². The first kappa shape index (κ1) is 19.6. The van der Waals surface area contributed by atoms with Gasteiger partial charge in [0.05, 0.1) is 12.2 Å². The summed E-state index contributed by atoms with van der Waals surface area (Å²) in [4.78, 5) is 2.45. The third-order valence-corrected chi connectivity index (χ3v) is 5.21. The number of likely N-dealkylation sites (tertiary alicyclic amines) is 1. The minimum atomic E-state index is 0. The molecule has 1 aliphatic rings. The van der Waals surface area contributed by atoms with Crippen LogP contribution in [0.4, 0.5) is 0 Å². The molecule has 3 aromatic rings. The molecule has 2 unspecified atom stereocenters. The van der Waals surface area contributed by atoms with Crippen molar-refractivity contribution in [2.75, 3.05) is 13.1 Å². The number of rotatable bonds is 5. The molecule has 142 valence electrons. The Hall–Kier alpha value is -2.14. The Morgan fingerprint density at radius 2 is 1.63 bits per heavy atom. The predicted octanol–water partition coefficient (Wildman–Crippen LogP) is 3.80. The average Bonchev–Trinajstić information content (AvgIpc) is 3.19. The molecule has 0 spiro atoms. The first-order chi connectivity index (χ1) is 12.7. The van der Waals surface area contributed by atoms with E-state index in [-0.39, 0.29) is 18.4 Å². The minimum Gasteiger partial charge on any atom is -0.326 e. The van der Waals surface area contributed by atoms with Crippen LogP contribution in [0.3, 0.4) is 0 Å². The fourth-order valence-electron chi connectivity index (χ4n) is 3.73. The summed E-state index contributed by atoms with van der Waals surface area (Å²) in [5, 5.41) is 4.91. The number of halogens is 1. The predicted molar refractivity (Wildman–Crippen MR) is 113 cm³/mol. The van der Waals surface area contributed by atoms with E-state index in [4.69, 9.17) is 10.8 Å². The van der Waals surface area contributed by atoms with Gasteiger partial charge in [-0.15, -0.1) is 12.4 Å². The molecule has 4 rings (SSSR count). The highest BCUT2D eigenvalue weighted by Gasteiger charge is 2.27. The molecule has 1 fully saturated rings. The van der Waals surface area contributed by atoms with E-state index in [0.717, 1.165) is 31.9 Å². The van der Waals surface area contributed by atoms with E-state index in [9.17, 15) is 0 Å². The lowest BCUT2D eigenvalue weighted by Gasteiger charge is -2.15. The zero-order chi connectivity index (χ0) is 17.9. The molecule has 0 saturated carbocycles. The number of benzene rings is 2. The Kier molecular flexibility index (Phi) is 6.32. The molecule has 5 heteroatoms. The maximum Gasteiger partial charge on any atom is 0.0968 e. The molecular formula is C22H27ClN4. The molecule has 1 aliphatic heterocycles. The molecule has 2 aromatic carbocycles. The second kappa shape index (κ2) is 8.70. The average molecular weight is 383 g/mol. The lowest BCUT2D eigenvalue weighted by atomic mass is 10.1. The maximum atomic E-state index is 6.22. The summed E-state index contributed by atoms with van der Waals surface area (Å²) >= 11 is 0. The number of nitrogens with two attached hydrogens (primary N) is 1. The lowest BCUT2D eigenvalue weighted by molar-refractivity contribution is 0.319. The standard InChI is InChI=1S/C22H26N4.ClH/c1-17-12-25(16-21(17)23)14-20-15-26(13-18-8-4-2-5-9-18)24-22(20)19-10-6-3-7-11-19;/h2-11,15,17,21H,12-14,16,23H2,1H3;1H. The number of nitrogens with zero attached hydrogens (tertiary/aromatic N) is 3. The SMILES string of the molecule is CC1CN(Cc2cn(Cc3ccccc3)nc2-c2ccccc2)CC1N.Cl. The van der Waals surface area contributed by atoms with Gasteiger partial charge in [-0.2, -0.15) is 5.10 Å². The van der Waals surface area contributed by atoms with E-state index in [2.05, 4.69) is 71.2 Å². The molecule has 2 atom stereocenters. The van der Waals surface area contributed by atoms with Crippen LogP contribution in [-0.2, 0) is 13.1 Å². The summed E-state index contributed by atoms with van der Waals surface area (Å²) in [6.07, 6.45) is 2.20. The molecule has 1 saturated heterocycles. The monoisotopic (exact) mass is 382 g/mol. The Bertz CT molecular complexity index is 837. The summed E-state index contributed by atoms with van der Waals surface area (Å²) in [5.74, 6) is 0.550. The summed E-state index contributed by atoms with van der Waals surface area (Å²) in [6, 6.07) is 21.2.